The molecule has 0 atom stereocenters. The number of carbonyl (C=O) groups excluding carboxylic acids is 2. The average Bonchev–Trinajstić information content (AvgIpc) is 2.44. The minimum atomic E-state index is -0.220. The van der Waals surface area contributed by atoms with Gasteiger partial charge in [0.1, 0.15) is 0 Å². The minimum absolute atomic E-state index is 0.179. The predicted molar refractivity (Wildman–Crippen MR) is 97.6 cm³/mol. The Morgan fingerprint density at radius 1 is 1.14 bits per heavy atom. The first-order valence-electron chi connectivity index (χ1n) is 6.52. The Balaban J connectivity index is 2.22. The average molecular weight is 429 g/mol. The molecule has 2 rings (SSSR count). The van der Waals surface area contributed by atoms with Crippen LogP contribution in [0, 0.1) is 10.5 Å². The van der Waals surface area contributed by atoms with Crippen molar-refractivity contribution in [1.29, 1.82) is 0 Å². The van der Waals surface area contributed by atoms with Crippen LogP contribution >= 0.6 is 34.2 Å². The van der Waals surface area contributed by atoms with Gasteiger partial charge in [-0.25, -0.2) is 0 Å². The highest BCUT2D eigenvalue weighted by Gasteiger charge is 2.13. The summed E-state index contributed by atoms with van der Waals surface area (Å²) < 4.78 is 0.906. The molecule has 4 nitrogen and oxygen atoms in total. The molecule has 2 aromatic carbocycles. The summed E-state index contributed by atoms with van der Waals surface area (Å²) in [6.07, 6.45) is 0. The lowest BCUT2D eigenvalue weighted by molar-refractivity contribution is -0.114. The monoisotopic (exact) mass is 428 g/mol. The summed E-state index contributed by atoms with van der Waals surface area (Å²) in [5.41, 5.74) is 2.72. The first-order valence-corrected chi connectivity index (χ1v) is 7.97. The molecule has 2 aromatic rings. The predicted octanol–water partition coefficient (Wildman–Crippen LogP) is 4.46. The molecule has 2 amide bonds. The number of hydrogen-bond donors (Lipinski definition) is 2. The van der Waals surface area contributed by atoms with Gasteiger partial charge in [0.25, 0.3) is 5.91 Å². The van der Waals surface area contributed by atoms with Crippen LogP contribution in [0.15, 0.2) is 36.4 Å². The largest absolute Gasteiger partial charge is 0.326 e. The van der Waals surface area contributed by atoms with Crippen molar-refractivity contribution in [2.75, 3.05) is 10.6 Å². The van der Waals surface area contributed by atoms with E-state index in [0.717, 1.165) is 9.13 Å². The minimum Gasteiger partial charge on any atom is -0.326 e. The van der Waals surface area contributed by atoms with Crippen molar-refractivity contribution in [2.24, 2.45) is 0 Å². The number of anilines is 2. The van der Waals surface area contributed by atoms with Crippen LogP contribution < -0.4 is 10.6 Å². The molecule has 0 spiro atoms. The summed E-state index contributed by atoms with van der Waals surface area (Å²) in [5, 5.41) is 5.79. The number of carbonyl (C=O) groups is 2. The first-order chi connectivity index (χ1) is 10.4. The molecule has 114 valence electrons. The van der Waals surface area contributed by atoms with Crippen molar-refractivity contribution in [1.82, 2.24) is 0 Å². The van der Waals surface area contributed by atoms with Crippen LogP contribution in [0.4, 0.5) is 11.4 Å². The molecule has 0 aliphatic heterocycles. The molecule has 0 heterocycles. The fraction of sp³-hybridized carbons (Fsp3) is 0.125. The molecule has 0 fully saturated rings. The summed E-state index contributed by atoms with van der Waals surface area (Å²) in [4.78, 5) is 23.4. The molecule has 0 unspecified atom stereocenters. The second-order valence-electron chi connectivity index (χ2n) is 4.77. The van der Waals surface area contributed by atoms with Gasteiger partial charge in [-0.05, 0) is 59.3 Å². The third kappa shape index (κ3) is 3.98. The molecule has 0 saturated carbocycles. The number of aryl methyl sites for hydroxylation is 1. The van der Waals surface area contributed by atoms with Gasteiger partial charge < -0.3 is 10.6 Å². The zero-order valence-corrected chi connectivity index (χ0v) is 14.9. The fourth-order valence-corrected chi connectivity index (χ4v) is 2.74. The van der Waals surface area contributed by atoms with Crippen LogP contribution in [0.25, 0.3) is 0 Å². The molecule has 0 radical (unpaired) electrons. The SMILES string of the molecule is CC(=O)Nc1ccc(NC(=O)c2cccc(C)c2I)c(Cl)c1. The highest BCUT2D eigenvalue weighted by atomic mass is 127. The topological polar surface area (TPSA) is 58.2 Å². The molecule has 0 aromatic heterocycles. The van der Waals surface area contributed by atoms with Crippen molar-refractivity contribution in [2.45, 2.75) is 13.8 Å². The van der Waals surface area contributed by atoms with Crippen LogP contribution in [0.2, 0.25) is 5.02 Å². The third-order valence-corrected chi connectivity index (χ3v) is 4.72. The Bertz CT molecular complexity index is 747. The van der Waals surface area contributed by atoms with E-state index in [1.54, 1.807) is 24.3 Å². The molecular weight excluding hydrogens is 415 g/mol. The number of halogens is 2. The van der Waals surface area contributed by atoms with Gasteiger partial charge in [0.15, 0.2) is 0 Å². The molecular formula is C16H14ClIN2O2. The van der Waals surface area contributed by atoms with E-state index in [4.69, 9.17) is 11.6 Å². The van der Waals surface area contributed by atoms with Crippen LogP contribution in [0.3, 0.4) is 0 Å². The van der Waals surface area contributed by atoms with Crippen molar-refractivity contribution < 1.29 is 9.59 Å². The summed E-state index contributed by atoms with van der Waals surface area (Å²) >= 11 is 8.30. The van der Waals surface area contributed by atoms with Gasteiger partial charge in [-0.1, -0.05) is 23.7 Å². The maximum Gasteiger partial charge on any atom is 0.256 e. The van der Waals surface area contributed by atoms with Crippen molar-refractivity contribution in [3.63, 3.8) is 0 Å². The Morgan fingerprint density at radius 3 is 2.50 bits per heavy atom. The van der Waals surface area contributed by atoms with Gasteiger partial charge in [-0.3, -0.25) is 9.59 Å². The highest BCUT2D eigenvalue weighted by Crippen LogP contribution is 2.27. The second kappa shape index (κ2) is 7.11. The fourth-order valence-electron chi connectivity index (χ4n) is 1.91. The zero-order chi connectivity index (χ0) is 16.3. The van der Waals surface area contributed by atoms with E-state index in [9.17, 15) is 9.59 Å². The van der Waals surface area contributed by atoms with Crippen LogP contribution in [0.5, 0.6) is 0 Å². The van der Waals surface area contributed by atoms with E-state index in [1.165, 1.54) is 6.92 Å². The lowest BCUT2D eigenvalue weighted by atomic mass is 10.1. The van der Waals surface area contributed by atoms with Gasteiger partial charge in [-0.2, -0.15) is 0 Å². The van der Waals surface area contributed by atoms with Crippen LogP contribution in [-0.2, 0) is 4.79 Å². The van der Waals surface area contributed by atoms with E-state index >= 15 is 0 Å². The summed E-state index contributed by atoms with van der Waals surface area (Å²) in [6.45, 7) is 3.37. The maximum atomic E-state index is 12.4. The Hall–Kier alpha value is -1.60. The number of nitrogens with one attached hydrogen (secondary N) is 2. The quantitative estimate of drug-likeness (QED) is 0.709. The summed E-state index contributed by atoms with van der Waals surface area (Å²) in [6, 6.07) is 10.5. The van der Waals surface area contributed by atoms with E-state index in [0.29, 0.717) is 22.0 Å². The lowest BCUT2D eigenvalue weighted by Crippen LogP contribution is -2.14. The van der Waals surface area contributed by atoms with E-state index in [1.807, 2.05) is 19.1 Å². The lowest BCUT2D eigenvalue weighted by Gasteiger charge is -2.11. The summed E-state index contributed by atoms with van der Waals surface area (Å²) in [7, 11) is 0. The standard InChI is InChI=1S/C16H14ClIN2O2/c1-9-4-3-5-12(15(9)18)16(22)20-14-7-6-11(8-13(14)17)19-10(2)21/h3-8H,1-2H3,(H,19,21)(H,20,22). The van der Waals surface area contributed by atoms with Gasteiger partial charge >= 0.3 is 0 Å². The Labute approximate surface area is 147 Å². The number of rotatable bonds is 3. The van der Waals surface area contributed by atoms with Gasteiger partial charge in [-0.15, -0.1) is 0 Å². The van der Waals surface area contributed by atoms with E-state index in [2.05, 4.69) is 33.2 Å². The molecule has 22 heavy (non-hydrogen) atoms. The Morgan fingerprint density at radius 2 is 1.86 bits per heavy atom. The van der Waals surface area contributed by atoms with E-state index < -0.39 is 0 Å². The normalized spacial score (nSPS) is 10.2. The second-order valence-corrected chi connectivity index (χ2v) is 6.25. The Kier molecular flexibility index (Phi) is 5.42. The zero-order valence-electron chi connectivity index (χ0n) is 12.0. The van der Waals surface area contributed by atoms with Gasteiger partial charge in [0.2, 0.25) is 5.91 Å². The maximum absolute atomic E-state index is 12.4. The van der Waals surface area contributed by atoms with Crippen molar-refractivity contribution >= 4 is 57.4 Å². The smallest absolute Gasteiger partial charge is 0.256 e. The van der Waals surface area contributed by atoms with Crippen LogP contribution in [0.1, 0.15) is 22.8 Å². The number of benzene rings is 2. The molecule has 0 aliphatic carbocycles. The van der Waals surface area contributed by atoms with Crippen molar-refractivity contribution in [3.8, 4) is 0 Å². The molecule has 0 aliphatic rings. The molecule has 0 bridgehead atoms. The van der Waals surface area contributed by atoms with Gasteiger partial charge in [0.05, 0.1) is 16.3 Å². The van der Waals surface area contributed by atoms with Crippen molar-refractivity contribution in [3.05, 3.63) is 56.1 Å². The number of hydrogen-bond acceptors (Lipinski definition) is 2. The first kappa shape index (κ1) is 16.8. The molecule has 6 heteroatoms. The number of amides is 2. The summed E-state index contributed by atoms with van der Waals surface area (Å²) in [5.74, 6) is -0.399. The van der Waals surface area contributed by atoms with Gasteiger partial charge in [0, 0.05) is 16.2 Å². The van der Waals surface area contributed by atoms with Crippen LogP contribution in [-0.4, -0.2) is 11.8 Å². The highest BCUT2D eigenvalue weighted by molar-refractivity contribution is 14.1. The third-order valence-electron chi connectivity index (χ3n) is 2.97. The molecule has 0 saturated heterocycles. The van der Waals surface area contributed by atoms with E-state index in [-0.39, 0.29) is 11.8 Å². The molecule has 2 N–H and O–H groups in total.